The van der Waals surface area contributed by atoms with E-state index in [9.17, 15) is 9.18 Å². The summed E-state index contributed by atoms with van der Waals surface area (Å²) in [6.45, 7) is 4.48. The van der Waals surface area contributed by atoms with E-state index in [1.54, 1.807) is 17.0 Å². The first kappa shape index (κ1) is 14.5. The maximum atomic E-state index is 13.7. The Balaban J connectivity index is 2.09. The van der Waals surface area contributed by atoms with Crippen LogP contribution in [0.2, 0.25) is 0 Å². The zero-order valence-corrected chi connectivity index (χ0v) is 12.5. The molecule has 5 heteroatoms. The lowest BCUT2D eigenvalue weighted by molar-refractivity contribution is -0.135. The molecular weight excluding hydrogens is 311 g/mol. The van der Waals surface area contributed by atoms with Crippen LogP contribution in [0.5, 0.6) is 0 Å². The fourth-order valence-corrected chi connectivity index (χ4v) is 2.75. The molecule has 3 nitrogen and oxygen atoms in total. The van der Waals surface area contributed by atoms with E-state index in [0.29, 0.717) is 18.7 Å². The number of amides is 1. The lowest BCUT2D eigenvalue weighted by Crippen LogP contribution is -2.36. The molecule has 0 radical (unpaired) electrons. The van der Waals surface area contributed by atoms with Gasteiger partial charge < -0.3 is 10.2 Å². The van der Waals surface area contributed by atoms with Gasteiger partial charge in [-0.25, -0.2) is 4.39 Å². The number of nitrogens with zero attached hydrogens (tertiary/aromatic N) is 1. The summed E-state index contributed by atoms with van der Waals surface area (Å²) in [6.07, 6.45) is 0.871. The van der Waals surface area contributed by atoms with Gasteiger partial charge in [0.1, 0.15) is 5.82 Å². The fourth-order valence-electron chi connectivity index (χ4n) is 2.34. The van der Waals surface area contributed by atoms with Gasteiger partial charge in [-0.2, -0.15) is 0 Å². The Kier molecular flexibility index (Phi) is 4.93. The Morgan fingerprint density at radius 2 is 2.37 bits per heavy atom. The maximum Gasteiger partial charge on any atom is 0.227 e. The van der Waals surface area contributed by atoms with Gasteiger partial charge in [-0.05, 0) is 38.1 Å². The van der Waals surface area contributed by atoms with E-state index in [4.69, 9.17) is 0 Å². The van der Waals surface area contributed by atoms with E-state index in [0.717, 1.165) is 24.0 Å². The Morgan fingerprint density at radius 3 is 3.00 bits per heavy atom. The van der Waals surface area contributed by atoms with Gasteiger partial charge >= 0.3 is 0 Å². The van der Waals surface area contributed by atoms with E-state index in [2.05, 4.69) is 21.2 Å². The maximum absolute atomic E-state index is 13.7. The third kappa shape index (κ3) is 3.54. The largest absolute Gasteiger partial charge is 0.338 e. The molecule has 1 amide bonds. The third-order valence-electron chi connectivity index (χ3n) is 3.47. The van der Waals surface area contributed by atoms with E-state index >= 15 is 0 Å². The molecule has 1 aromatic rings. The summed E-state index contributed by atoms with van der Waals surface area (Å²) in [7, 11) is 0. The van der Waals surface area contributed by atoms with Crippen molar-refractivity contribution in [1.82, 2.24) is 10.2 Å². The van der Waals surface area contributed by atoms with Crippen molar-refractivity contribution in [3.8, 4) is 0 Å². The van der Waals surface area contributed by atoms with Crippen LogP contribution in [0.3, 0.4) is 0 Å². The SMILES string of the molecule is CCN(Cc1cc(Br)ccc1F)C(=O)C1CCNC1. The summed E-state index contributed by atoms with van der Waals surface area (Å²) in [4.78, 5) is 14.1. The van der Waals surface area contributed by atoms with Crippen molar-refractivity contribution in [3.63, 3.8) is 0 Å². The minimum atomic E-state index is -0.265. The molecule has 1 heterocycles. The second-order valence-corrected chi connectivity index (χ2v) is 5.69. The second-order valence-electron chi connectivity index (χ2n) is 4.78. The van der Waals surface area contributed by atoms with Crippen molar-refractivity contribution < 1.29 is 9.18 Å². The van der Waals surface area contributed by atoms with Crippen LogP contribution in [0, 0.1) is 11.7 Å². The number of carbonyl (C=O) groups excluding carboxylic acids is 1. The molecule has 2 rings (SSSR count). The van der Waals surface area contributed by atoms with Crippen molar-refractivity contribution in [3.05, 3.63) is 34.1 Å². The lowest BCUT2D eigenvalue weighted by atomic mass is 10.1. The van der Waals surface area contributed by atoms with Crippen LogP contribution in [-0.4, -0.2) is 30.4 Å². The highest BCUT2D eigenvalue weighted by Gasteiger charge is 2.26. The highest BCUT2D eigenvalue weighted by atomic mass is 79.9. The second kappa shape index (κ2) is 6.48. The minimum Gasteiger partial charge on any atom is -0.338 e. The van der Waals surface area contributed by atoms with E-state index < -0.39 is 0 Å². The smallest absolute Gasteiger partial charge is 0.227 e. The van der Waals surface area contributed by atoms with Gasteiger partial charge in [0, 0.05) is 29.7 Å². The average Bonchev–Trinajstić information content (AvgIpc) is 2.93. The number of hydrogen-bond acceptors (Lipinski definition) is 2. The molecule has 19 heavy (non-hydrogen) atoms. The van der Waals surface area contributed by atoms with E-state index in [-0.39, 0.29) is 17.6 Å². The van der Waals surface area contributed by atoms with Crippen LogP contribution >= 0.6 is 15.9 Å². The standard InChI is InChI=1S/C14H18BrFN2O/c1-2-18(14(19)10-5-6-17-8-10)9-11-7-12(15)3-4-13(11)16/h3-4,7,10,17H,2,5-6,8-9H2,1H3. The van der Waals surface area contributed by atoms with Crippen LogP contribution in [0.25, 0.3) is 0 Å². The fraction of sp³-hybridized carbons (Fsp3) is 0.500. The summed E-state index contributed by atoms with van der Waals surface area (Å²) in [5, 5.41) is 3.19. The van der Waals surface area contributed by atoms with E-state index in [1.807, 2.05) is 6.92 Å². The number of halogens is 2. The van der Waals surface area contributed by atoms with Crippen molar-refractivity contribution in [2.24, 2.45) is 5.92 Å². The summed E-state index contributed by atoms with van der Waals surface area (Å²) in [5.74, 6) is -0.110. The topological polar surface area (TPSA) is 32.3 Å². The molecule has 1 saturated heterocycles. The number of nitrogens with one attached hydrogen (secondary N) is 1. The number of hydrogen-bond donors (Lipinski definition) is 1. The van der Waals surface area contributed by atoms with Gasteiger partial charge in [0.2, 0.25) is 5.91 Å². The summed E-state index contributed by atoms with van der Waals surface area (Å²) >= 11 is 3.33. The minimum absolute atomic E-state index is 0.0372. The highest BCUT2D eigenvalue weighted by Crippen LogP contribution is 2.19. The van der Waals surface area contributed by atoms with Crippen LogP contribution in [0.15, 0.2) is 22.7 Å². The molecule has 1 N–H and O–H groups in total. The Hall–Kier alpha value is -0.940. The molecule has 0 aromatic heterocycles. The number of rotatable bonds is 4. The van der Waals surface area contributed by atoms with Crippen LogP contribution in [-0.2, 0) is 11.3 Å². The quantitative estimate of drug-likeness (QED) is 0.921. The summed E-state index contributed by atoms with van der Waals surface area (Å²) < 4.78 is 14.6. The number of benzene rings is 1. The van der Waals surface area contributed by atoms with Gasteiger partial charge in [0.25, 0.3) is 0 Å². The van der Waals surface area contributed by atoms with Gasteiger partial charge in [-0.15, -0.1) is 0 Å². The molecule has 104 valence electrons. The Morgan fingerprint density at radius 1 is 1.58 bits per heavy atom. The summed E-state index contributed by atoms with van der Waals surface area (Å²) in [6, 6.07) is 4.82. The zero-order valence-electron chi connectivity index (χ0n) is 11.0. The normalized spacial score (nSPS) is 18.6. The molecule has 0 bridgehead atoms. The van der Waals surface area contributed by atoms with Crippen LogP contribution in [0.1, 0.15) is 18.9 Å². The molecule has 1 atom stereocenters. The highest BCUT2D eigenvalue weighted by molar-refractivity contribution is 9.10. The first-order valence-electron chi connectivity index (χ1n) is 6.55. The molecule has 1 unspecified atom stereocenters. The molecule has 0 spiro atoms. The third-order valence-corrected chi connectivity index (χ3v) is 3.97. The Labute approximate surface area is 121 Å². The van der Waals surface area contributed by atoms with Crippen molar-refractivity contribution in [1.29, 1.82) is 0 Å². The molecule has 1 aliphatic rings. The monoisotopic (exact) mass is 328 g/mol. The number of carbonyl (C=O) groups is 1. The van der Waals surface area contributed by atoms with Gasteiger partial charge in [-0.1, -0.05) is 15.9 Å². The van der Waals surface area contributed by atoms with Crippen LogP contribution in [0.4, 0.5) is 4.39 Å². The predicted molar refractivity (Wildman–Crippen MR) is 76.2 cm³/mol. The average molecular weight is 329 g/mol. The van der Waals surface area contributed by atoms with Gasteiger partial charge in [0.15, 0.2) is 0 Å². The van der Waals surface area contributed by atoms with Crippen molar-refractivity contribution in [2.75, 3.05) is 19.6 Å². The van der Waals surface area contributed by atoms with E-state index in [1.165, 1.54) is 6.07 Å². The van der Waals surface area contributed by atoms with Gasteiger partial charge in [0.05, 0.1) is 5.92 Å². The van der Waals surface area contributed by atoms with Crippen molar-refractivity contribution in [2.45, 2.75) is 19.9 Å². The first-order chi connectivity index (χ1) is 9.11. The molecule has 0 aliphatic carbocycles. The summed E-state index contributed by atoms with van der Waals surface area (Å²) in [5.41, 5.74) is 0.551. The van der Waals surface area contributed by atoms with Gasteiger partial charge in [-0.3, -0.25) is 4.79 Å². The van der Waals surface area contributed by atoms with Crippen molar-refractivity contribution >= 4 is 21.8 Å². The molecule has 0 saturated carbocycles. The first-order valence-corrected chi connectivity index (χ1v) is 7.34. The predicted octanol–water partition coefficient (Wildman–Crippen LogP) is 2.55. The molecular formula is C14H18BrFN2O. The zero-order chi connectivity index (χ0) is 13.8. The molecule has 1 fully saturated rings. The molecule has 1 aliphatic heterocycles. The molecule has 1 aromatic carbocycles. The van der Waals surface area contributed by atoms with Crippen LogP contribution < -0.4 is 5.32 Å². The lowest BCUT2D eigenvalue weighted by Gasteiger charge is -2.24. The Bertz CT molecular complexity index is 461.